The fraction of sp³-hybridized carbons (Fsp3) is 0.538. The van der Waals surface area contributed by atoms with Crippen molar-refractivity contribution in [2.45, 2.75) is 17.7 Å². The zero-order valence-corrected chi connectivity index (χ0v) is 10.2. The van der Waals surface area contributed by atoms with Gasteiger partial charge in [-0.25, -0.2) is 0 Å². The van der Waals surface area contributed by atoms with E-state index in [4.69, 9.17) is 4.74 Å². The molecule has 1 aromatic carbocycles. The molecule has 0 bridgehead atoms. The summed E-state index contributed by atoms with van der Waals surface area (Å²) in [5.41, 5.74) is 1.43. The molecule has 1 aromatic rings. The molecular weight excluding hydrogens is 218 g/mol. The van der Waals surface area contributed by atoms with Crippen LogP contribution >= 0.6 is 11.8 Å². The average molecular weight is 235 g/mol. The third-order valence-electron chi connectivity index (χ3n) is 3.34. The second-order valence-corrected chi connectivity index (χ2v) is 5.64. The van der Waals surface area contributed by atoms with Crippen molar-refractivity contribution in [2.75, 3.05) is 25.4 Å². The Morgan fingerprint density at radius 2 is 2.44 bits per heavy atom. The smallest absolute Gasteiger partial charge is 0.123 e. The summed E-state index contributed by atoms with van der Waals surface area (Å²) in [7, 11) is 0. The molecule has 2 aliphatic rings. The second kappa shape index (κ2) is 4.68. The molecule has 2 aliphatic heterocycles. The van der Waals surface area contributed by atoms with Crippen LogP contribution in [0.4, 0.5) is 0 Å². The summed E-state index contributed by atoms with van der Waals surface area (Å²) in [5.74, 6) is 3.03. The largest absolute Gasteiger partial charge is 0.493 e. The second-order valence-electron chi connectivity index (χ2n) is 4.50. The number of ether oxygens (including phenoxy) is 1. The first kappa shape index (κ1) is 10.5. The molecule has 0 saturated carbocycles. The van der Waals surface area contributed by atoms with Crippen molar-refractivity contribution in [3.8, 4) is 5.75 Å². The van der Waals surface area contributed by atoms with Gasteiger partial charge in [-0.2, -0.15) is 0 Å². The molecule has 1 N–H and O–H groups in total. The highest BCUT2D eigenvalue weighted by Crippen LogP contribution is 2.37. The van der Waals surface area contributed by atoms with Crippen molar-refractivity contribution >= 4 is 11.8 Å². The van der Waals surface area contributed by atoms with Gasteiger partial charge in [0.1, 0.15) is 5.75 Å². The molecule has 1 unspecified atom stereocenters. The van der Waals surface area contributed by atoms with E-state index in [1.807, 2.05) is 11.8 Å². The molecule has 1 saturated heterocycles. The van der Waals surface area contributed by atoms with Gasteiger partial charge < -0.3 is 10.1 Å². The van der Waals surface area contributed by atoms with Gasteiger partial charge in [-0.1, -0.05) is 6.07 Å². The summed E-state index contributed by atoms with van der Waals surface area (Å²) in [6.45, 7) is 3.13. The number of rotatable bonds is 3. The lowest BCUT2D eigenvalue weighted by molar-refractivity contribution is 0.257. The van der Waals surface area contributed by atoms with Crippen LogP contribution in [0.3, 0.4) is 0 Å². The topological polar surface area (TPSA) is 21.3 Å². The highest BCUT2D eigenvalue weighted by molar-refractivity contribution is 7.99. The lowest BCUT2D eigenvalue weighted by Gasteiger charge is -2.13. The maximum Gasteiger partial charge on any atom is 0.123 e. The van der Waals surface area contributed by atoms with Crippen molar-refractivity contribution in [1.82, 2.24) is 5.32 Å². The van der Waals surface area contributed by atoms with Gasteiger partial charge in [0, 0.05) is 28.7 Å². The fourth-order valence-electron chi connectivity index (χ4n) is 2.39. The molecule has 0 amide bonds. The van der Waals surface area contributed by atoms with Crippen molar-refractivity contribution in [3.05, 3.63) is 23.8 Å². The molecule has 3 heteroatoms. The minimum atomic E-state index is 0.699. The zero-order valence-electron chi connectivity index (χ0n) is 9.37. The molecule has 86 valence electrons. The number of fused-ring (bicyclic) bond motifs is 1. The van der Waals surface area contributed by atoms with Gasteiger partial charge in [-0.3, -0.25) is 0 Å². The first-order valence-electron chi connectivity index (χ1n) is 6.02. The van der Waals surface area contributed by atoms with Crippen molar-refractivity contribution in [2.24, 2.45) is 5.92 Å². The Hall–Kier alpha value is -0.670. The molecule has 3 rings (SSSR count). The number of hydrogen-bond donors (Lipinski definition) is 1. The van der Waals surface area contributed by atoms with Gasteiger partial charge in [0.25, 0.3) is 0 Å². The van der Waals surface area contributed by atoms with E-state index in [1.165, 1.54) is 29.1 Å². The van der Waals surface area contributed by atoms with Gasteiger partial charge in [-0.05, 0) is 31.5 Å². The van der Waals surface area contributed by atoms with E-state index < -0.39 is 0 Å². The van der Waals surface area contributed by atoms with E-state index in [9.17, 15) is 0 Å². The molecule has 1 atom stereocenters. The molecule has 2 nitrogen and oxygen atoms in total. The van der Waals surface area contributed by atoms with Crippen LogP contribution in [-0.4, -0.2) is 25.4 Å². The van der Waals surface area contributed by atoms with E-state index in [1.54, 1.807) is 0 Å². The Morgan fingerprint density at radius 3 is 3.31 bits per heavy atom. The van der Waals surface area contributed by atoms with E-state index in [0.29, 0.717) is 5.92 Å². The summed E-state index contributed by atoms with van der Waals surface area (Å²) in [4.78, 5) is 1.42. The minimum absolute atomic E-state index is 0.699. The highest BCUT2D eigenvalue weighted by Gasteiger charge is 2.18. The minimum Gasteiger partial charge on any atom is -0.493 e. The van der Waals surface area contributed by atoms with Gasteiger partial charge in [0.05, 0.1) is 6.61 Å². The third kappa shape index (κ3) is 2.06. The number of nitrogens with one attached hydrogen (secondary N) is 1. The SMILES string of the molecule is c1cc(OCC2CCNC2)c2c(c1)SCC2. The van der Waals surface area contributed by atoms with Gasteiger partial charge in [0.15, 0.2) is 0 Å². The van der Waals surface area contributed by atoms with Crippen molar-refractivity contribution in [3.63, 3.8) is 0 Å². The van der Waals surface area contributed by atoms with E-state index in [2.05, 4.69) is 23.5 Å². The van der Waals surface area contributed by atoms with Crippen LogP contribution in [0.1, 0.15) is 12.0 Å². The molecule has 1 fully saturated rings. The van der Waals surface area contributed by atoms with Crippen molar-refractivity contribution in [1.29, 1.82) is 0 Å². The van der Waals surface area contributed by atoms with E-state index in [0.717, 1.165) is 25.4 Å². The van der Waals surface area contributed by atoms with Crippen LogP contribution in [0.25, 0.3) is 0 Å². The van der Waals surface area contributed by atoms with Crippen LogP contribution < -0.4 is 10.1 Å². The molecule has 0 radical (unpaired) electrons. The lowest BCUT2D eigenvalue weighted by atomic mass is 10.1. The molecular formula is C13H17NOS. The van der Waals surface area contributed by atoms with Crippen LogP contribution in [0.2, 0.25) is 0 Å². The Kier molecular flexibility index (Phi) is 3.06. The van der Waals surface area contributed by atoms with Crippen LogP contribution in [0, 0.1) is 5.92 Å². The first-order chi connectivity index (χ1) is 7.93. The van der Waals surface area contributed by atoms with Gasteiger partial charge in [-0.15, -0.1) is 11.8 Å². The molecule has 0 spiro atoms. The highest BCUT2D eigenvalue weighted by atomic mass is 32.2. The summed E-state index contributed by atoms with van der Waals surface area (Å²) < 4.78 is 5.98. The summed E-state index contributed by atoms with van der Waals surface area (Å²) in [5, 5.41) is 3.38. The quantitative estimate of drug-likeness (QED) is 0.869. The maximum atomic E-state index is 5.98. The van der Waals surface area contributed by atoms with Gasteiger partial charge in [0.2, 0.25) is 0 Å². The maximum absolute atomic E-state index is 5.98. The molecule has 2 heterocycles. The van der Waals surface area contributed by atoms with Crippen LogP contribution in [0.5, 0.6) is 5.75 Å². The first-order valence-corrected chi connectivity index (χ1v) is 7.00. The summed E-state index contributed by atoms with van der Waals surface area (Å²) >= 11 is 1.95. The Morgan fingerprint density at radius 1 is 1.44 bits per heavy atom. The third-order valence-corrected chi connectivity index (χ3v) is 4.44. The standard InChI is InChI=1S/C13H17NOS/c1-2-12(11-5-7-16-13(11)3-1)15-9-10-4-6-14-8-10/h1-3,10,14H,4-9H2. The van der Waals surface area contributed by atoms with E-state index in [-0.39, 0.29) is 0 Å². The normalized spacial score (nSPS) is 23.4. The number of benzene rings is 1. The van der Waals surface area contributed by atoms with Crippen LogP contribution in [0.15, 0.2) is 23.1 Å². The Balaban J connectivity index is 1.67. The predicted molar refractivity (Wildman–Crippen MR) is 67.3 cm³/mol. The van der Waals surface area contributed by atoms with Crippen molar-refractivity contribution < 1.29 is 4.74 Å². The zero-order chi connectivity index (χ0) is 10.8. The molecule has 0 aliphatic carbocycles. The average Bonchev–Trinajstić information content (AvgIpc) is 2.97. The van der Waals surface area contributed by atoms with E-state index >= 15 is 0 Å². The Bertz CT molecular complexity index is 374. The summed E-state index contributed by atoms with van der Waals surface area (Å²) in [6, 6.07) is 6.43. The molecule has 0 aromatic heterocycles. The predicted octanol–water partition coefficient (Wildman–Crippen LogP) is 2.32. The lowest BCUT2D eigenvalue weighted by Crippen LogP contribution is -2.15. The van der Waals surface area contributed by atoms with Crippen LogP contribution in [-0.2, 0) is 6.42 Å². The number of hydrogen-bond acceptors (Lipinski definition) is 3. The monoisotopic (exact) mass is 235 g/mol. The Labute approximate surface area is 101 Å². The number of thioether (sulfide) groups is 1. The molecule has 16 heavy (non-hydrogen) atoms. The fourth-order valence-corrected chi connectivity index (χ4v) is 3.47. The van der Waals surface area contributed by atoms with Gasteiger partial charge >= 0.3 is 0 Å². The summed E-state index contributed by atoms with van der Waals surface area (Å²) in [6.07, 6.45) is 2.42.